The summed E-state index contributed by atoms with van der Waals surface area (Å²) in [5, 5.41) is -2.62. The summed E-state index contributed by atoms with van der Waals surface area (Å²) in [4.78, 5) is 2.38. The molecule has 0 aromatic heterocycles. The number of hydrogen-bond donors (Lipinski definition) is 2. The van der Waals surface area contributed by atoms with Gasteiger partial charge in [-0.05, 0) is 19.6 Å². The van der Waals surface area contributed by atoms with Crippen LogP contribution in [0.1, 0.15) is 20.8 Å². The molecule has 0 saturated heterocycles. The Balaban J connectivity index is 0. The van der Waals surface area contributed by atoms with Gasteiger partial charge in [0.05, 0.1) is 32.3 Å². The van der Waals surface area contributed by atoms with E-state index in [0.29, 0.717) is 0 Å². The zero-order chi connectivity index (χ0) is 19.7. The standard InChI is InChI=1S/C6H6Cl6.C6H15N.AsFH2O3/c7-1-2(8)4(10)6(12)5(11)3(1)9;1-4-7(5-2)6-3;2-1(3,4)5/h1-6H;4-6H2,1-3H3;(H2,3,4,5). The Morgan fingerprint density at radius 2 is 0.875 bits per heavy atom. The van der Waals surface area contributed by atoms with Gasteiger partial charge < -0.3 is 4.90 Å². The van der Waals surface area contributed by atoms with E-state index in [1.165, 1.54) is 19.6 Å². The molecule has 12 heteroatoms. The molecule has 4 nitrogen and oxygen atoms in total. The molecule has 0 aromatic carbocycles. The van der Waals surface area contributed by atoms with Crippen LogP contribution in [0.5, 0.6) is 0 Å². The van der Waals surface area contributed by atoms with Crippen molar-refractivity contribution in [2.75, 3.05) is 19.6 Å². The molecule has 1 rings (SSSR count). The number of hydrogen-bond acceptors (Lipinski definition) is 2. The SMILES string of the molecule is CCN(CC)CC.ClC1C(Cl)C(Cl)C(Cl)C(Cl)C1Cl.O=[As](O)(O)F. The summed E-state index contributed by atoms with van der Waals surface area (Å²) in [5.41, 5.74) is 0. The fourth-order valence-electron chi connectivity index (χ4n) is 1.72. The maximum absolute atomic E-state index is 10.4. The van der Waals surface area contributed by atoms with E-state index in [1.807, 2.05) is 0 Å². The van der Waals surface area contributed by atoms with Crippen molar-refractivity contribution in [1.29, 1.82) is 0 Å². The van der Waals surface area contributed by atoms with Gasteiger partial charge in [-0.3, -0.25) is 0 Å². The van der Waals surface area contributed by atoms with Crippen LogP contribution in [0.15, 0.2) is 0 Å². The Morgan fingerprint density at radius 1 is 0.750 bits per heavy atom. The van der Waals surface area contributed by atoms with E-state index in [9.17, 15) is 3.47 Å². The molecular formula is C12H23AsCl6FNO3. The number of rotatable bonds is 3. The first kappa shape index (κ1) is 28.1. The Kier molecular flexibility index (Phi) is 16.4. The predicted octanol–water partition coefficient (Wildman–Crippen LogP) is 3.80. The molecule has 0 aromatic rings. The molecule has 1 aliphatic carbocycles. The third kappa shape index (κ3) is 12.3. The second-order valence-electron chi connectivity index (χ2n) is 4.76. The number of halogens is 7. The Labute approximate surface area is 176 Å². The van der Waals surface area contributed by atoms with E-state index in [2.05, 4.69) is 25.7 Å². The first-order chi connectivity index (χ1) is 10.8. The van der Waals surface area contributed by atoms with Crippen LogP contribution in [0, 0.1) is 0 Å². The fourth-order valence-corrected chi connectivity index (χ4v) is 4.05. The molecule has 1 fully saturated rings. The van der Waals surface area contributed by atoms with Gasteiger partial charge in [-0.15, -0.1) is 69.6 Å². The maximum atomic E-state index is 10.4. The zero-order valence-electron chi connectivity index (χ0n) is 13.4. The Morgan fingerprint density at radius 3 is 0.917 bits per heavy atom. The summed E-state index contributed by atoms with van der Waals surface area (Å²) < 4.78 is 33.2. The molecule has 0 bridgehead atoms. The summed E-state index contributed by atoms with van der Waals surface area (Å²) in [6.45, 7) is 10.1. The van der Waals surface area contributed by atoms with Gasteiger partial charge in [0.25, 0.3) is 0 Å². The van der Waals surface area contributed by atoms with Crippen LogP contribution in [0.4, 0.5) is 3.47 Å². The van der Waals surface area contributed by atoms with Gasteiger partial charge in [0.1, 0.15) is 0 Å². The van der Waals surface area contributed by atoms with Crippen molar-refractivity contribution in [2.45, 2.75) is 53.0 Å². The van der Waals surface area contributed by atoms with Gasteiger partial charge in [0.15, 0.2) is 0 Å². The first-order valence-corrected chi connectivity index (χ1v) is 12.9. The van der Waals surface area contributed by atoms with Crippen LogP contribution < -0.4 is 0 Å². The van der Waals surface area contributed by atoms with Crippen LogP contribution in [-0.4, -0.2) is 79.6 Å². The predicted molar refractivity (Wildman–Crippen MR) is 103 cm³/mol. The average molecular weight is 536 g/mol. The van der Waals surface area contributed by atoms with Crippen molar-refractivity contribution < 1.29 is 15.4 Å². The molecule has 0 aliphatic heterocycles. The molecule has 0 atom stereocenters. The molecule has 2 N–H and O–H groups in total. The van der Waals surface area contributed by atoms with E-state index in [0.717, 1.165) is 0 Å². The summed E-state index contributed by atoms with van der Waals surface area (Å²) in [6, 6.07) is 0. The van der Waals surface area contributed by atoms with Crippen molar-refractivity contribution in [3.05, 3.63) is 0 Å². The van der Waals surface area contributed by atoms with E-state index >= 15 is 0 Å². The van der Waals surface area contributed by atoms with Gasteiger partial charge in [-0.25, -0.2) is 0 Å². The molecular weight excluding hydrogens is 513 g/mol. The summed E-state index contributed by atoms with van der Waals surface area (Å²) in [6.07, 6.45) is 0. The van der Waals surface area contributed by atoms with Gasteiger partial charge in [0.2, 0.25) is 0 Å². The van der Waals surface area contributed by atoms with E-state index in [4.69, 9.17) is 81.5 Å². The van der Waals surface area contributed by atoms with E-state index in [1.54, 1.807) is 0 Å². The Bertz CT molecular complexity index is 304. The van der Waals surface area contributed by atoms with Gasteiger partial charge in [0, 0.05) is 0 Å². The fraction of sp³-hybridized carbons (Fsp3) is 1.00. The zero-order valence-corrected chi connectivity index (χ0v) is 19.8. The molecule has 0 heterocycles. The van der Waals surface area contributed by atoms with Gasteiger partial charge in [-0.1, -0.05) is 20.8 Å². The molecule has 0 amide bonds. The van der Waals surface area contributed by atoms with Crippen LogP contribution in [0.3, 0.4) is 0 Å². The molecule has 0 spiro atoms. The van der Waals surface area contributed by atoms with Crippen LogP contribution in [-0.2, 0) is 3.74 Å². The van der Waals surface area contributed by atoms with Crippen molar-refractivity contribution in [3.63, 3.8) is 0 Å². The normalized spacial score (nSPS) is 33.2. The van der Waals surface area contributed by atoms with Crippen molar-refractivity contribution in [3.8, 4) is 0 Å². The van der Waals surface area contributed by atoms with E-state index < -0.39 is 46.9 Å². The Hall–Kier alpha value is 1.91. The molecule has 24 heavy (non-hydrogen) atoms. The third-order valence-electron chi connectivity index (χ3n) is 3.17. The summed E-state index contributed by atoms with van der Waals surface area (Å²) >= 11 is 29.7. The minimum absolute atomic E-state index is 0.437. The second-order valence-corrected chi connectivity index (χ2v) is 9.77. The van der Waals surface area contributed by atoms with Crippen LogP contribution in [0.25, 0.3) is 0 Å². The van der Waals surface area contributed by atoms with Crippen molar-refractivity contribution in [1.82, 2.24) is 4.90 Å². The average Bonchev–Trinajstić information content (AvgIpc) is 2.50. The van der Waals surface area contributed by atoms with Gasteiger partial charge >= 0.3 is 30.0 Å². The first-order valence-electron chi connectivity index (χ1n) is 7.13. The summed E-state index contributed by atoms with van der Waals surface area (Å²) in [7, 11) is 0. The molecule has 0 unspecified atom stereocenters. The number of nitrogens with zero attached hydrogens (tertiary/aromatic N) is 1. The molecule has 1 saturated carbocycles. The summed E-state index contributed by atoms with van der Waals surface area (Å²) in [5.74, 6) is 0. The van der Waals surface area contributed by atoms with Crippen molar-refractivity contribution in [2.24, 2.45) is 0 Å². The van der Waals surface area contributed by atoms with Crippen molar-refractivity contribution >= 4 is 84.2 Å². The number of alkyl halides is 6. The quantitative estimate of drug-likeness (QED) is 0.426. The molecule has 0 radical (unpaired) electrons. The van der Waals surface area contributed by atoms with E-state index in [-0.39, 0.29) is 0 Å². The second kappa shape index (κ2) is 14.0. The minimum atomic E-state index is -5.62. The molecule has 1 aliphatic rings. The van der Waals surface area contributed by atoms with Crippen LogP contribution >= 0.6 is 69.6 Å². The monoisotopic (exact) mass is 533 g/mol. The topological polar surface area (TPSA) is 60.8 Å². The molecule has 148 valence electrons. The third-order valence-corrected chi connectivity index (χ3v) is 7.20. The van der Waals surface area contributed by atoms with Crippen LogP contribution in [0.2, 0.25) is 0 Å². The van der Waals surface area contributed by atoms with Gasteiger partial charge in [-0.2, -0.15) is 0 Å².